The van der Waals surface area contributed by atoms with Crippen LogP contribution in [0.2, 0.25) is 0 Å². The number of nitrogens with zero attached hydrogens (tertiary/aromatic N) is 2. The molecule has 7 nitrogen and oxygen atoms in total. The second kappa shape index (κ2) is 15.6. The lowest BCUT2D eigenvalue weighted by Gasteiger charge is -2.54. The number of hydrogen-bond acceptors (Lipinski definition) is 6. The fourth-order valence-electron chi connectivity index (χ4n) is 7.36. The average Bonchev–Trinajstić information content (AvgIpc) is 3.09. The van der Waals surface area contributed by atoms with Gasteiger partial charge in [-0.25, -0.2) is 9.46 Å². The standard InChI is InChI=1S/C40H51N2O5.BF4/c1-10-41(11-2)33(30-19-15-28(3)16-20-30)13-12-14-34(31-21-17-29(4)18-22-31)42-25-23-39(24-26-42)27-32-35(43)37(5,6)36(44)38(7,8)40(32,45-9)47-46-39;2-1(3,4)5/h12-22,27H,10-11,23-26H2,1-9H3;/q+1;-1. The molecular weight excluding hydrogens is 675 g/mol. The van der Waals surface area contributed by atoms with Crippen molar-refractivity contribution in [1.29, 1.82) is 0 Å². The summed E-state index contributed by atoms with van der Waals surface area (Å²) >= 11 is 0. The summed E-state index contributed by atoms with van der Waals surface area (Å²) in [5.74, 6) is -2.09. The van der Waals surface area contributed by atoms with Crippen LogP contribution in [0.1, 0.15) is 76.6 Å². The first-order chi connectivity index (χ1) is 24.2. The number of aryl methyl sites for hydroxylation is 2. The van der Waals surface area contributed by atoms with Crippen molar-refractivity contribution in [1.82, 2.24) is 4.90 Å². The van der Waals surface area contributed by atoms with Gasteiger partial charge in [0, 0.05) is 50.4 Å². The number of allylic oxidation sites excluding steroid dienone is 3. The van der Waals surface area contributed by atoms with Crippen molar-refractivity contribution >= 4 is 30.2 Å². The summed E-state index contributed by atoms with van der Waals surface area (Å²) in [6, 6.07) is 17.3. The van der Waals surface area contributed by atoms with Crippen LogP contribution in [0.15, 0.2) is 78.4 Å². The molecule has 3 aliphatic rings. The molecule has 52 heavy (non-hydrogen) atoms. The molecule has 1 spiro atoms. The van der Waals surface area contributed by atoms with Crippen molar-refractivity contribution < 1.29 is 45.9 Å². The van der Waals surface area contributed by atoms with E-state index in [1.165, 1.54) is 29.5 Å². The van der Waals surface area contributed by atoms with Crippen LogP contribution in [0.3, 0.4) is 0 Å². The van der Waals surface area contributed by atoms with Crippen molar-refractivity contribution in [3.8, 4) is 0 Å². The topological polar surface area (TPSA) is 68.1 Å². The van der Waals surface area contributed by atoms with E-state index in [0.717, 1.165) is 24.4 Å². The van der Waals surface area contributed by atoms with Crippen LogP contribution >= 0.6 is 0 Å². The van der Waals surface area contributed by atoms with Crippen LogP contribution in [0, 0.1) is 24.7 Å². The molecule has 1 saturated carbocycles. The minimum Gasteiger partial charge on any atom is -0.418 e. The number of piperidine rings is 1. The van der Waals surface area contributed by atoms with E-state index in [1.54, 1.807) is 27.7 Å². The number of methoxy groups -OCH3 is 1. The first-order valence-electron chi connectivity index (χ1n) is 17.8. The number of halogens is 4. The molecule has 0 amide bonds. The highest BCUT2D eigenvalue weighted by molar-refractivity contribution is 6.50. The van der Waals surface area contributed by atoms with E-state index in [-0.39, 0.29) is 11.6 Å². The predicted molar refractivity (Wildman–Crippen MR) is 196 cm³/mol. The van der Waals surface area contributed by atoms with Crippen LogP contribution in [0.4, 0.5) is 17.3 Å². The van der Waals surface area contributed by atoms with Crippen LogP contribution < -0.4 is 0 Å². The maximum Gasteiger partial charge on any atom is 0.673 e. The lowest BCUT2D eigenvalue weighted by molar-refractivity contribution is -0.561. The molecule has 5 rings (SSSR count). The highest BCUT2D eigenvalue weighted by atomic mass is 19.5. The Balaban J connectivity index is 0.00000113. The number of Topliss-reactive ketones (excluding diaryl/α,β-unsaturated/α-hetero) is 2. The van der Waals surface area contributed by atoms with Crippen molar-refractivity contribution in [2.75, 3.05) is 33.3 Å². The monoisotopic (exact) mass is 726 g/mol. The molecule has 0 aromatic heterocycles. The number of hydrogen-bond donors (Lipinski definition) is 0. The second-order valence-corrected chi connectivity index (χ2v) is 14.7. The molecule has 2 fully saturated rings. The molecule has 1 atom stereocenters. The number of fused-ring (bicyclic) bond motifs is 1. The first-order valence-corrected chi connectivity index (χ1v) is 17.8. The van der Waals surface area contributed by atoms with Gasteiger partial charge >= 0.3 is 7.25 Å². The van der Waals surface area contributed by atoms with Crippen molar-refractivity contribution in [3.63, 3.8) is 0 Å². The normalized spacial score (nSPS) is 24.3. The predicted octanol–water partition coefficient (Wildman–Crippen LogP) is 8.31. The van der Waals surface area contributed by atoms with Crippen molar-refractivity contribution in [3.05, 3.63) is 101 Å². The molecular formula is C40H51BF4N2O5. The summed E-state index contributed by atoms with van der Waals surface area (Å²) in [5.41, 5.74) is 4.35. The van der Waals surface area contributed by atoms with Gasteiger partial charge in [-0.05, 0) is 85.2 Å². The molecule has 1 unspecified atom stereocenters. The van der Waals surface area contributed by atoms with Gasteiger partial charge in [0.2, 0.25) is 11.5 Å². The van der Waals surface area contributed by atoms with Gasteiger partial charge in [-0.3, -0.25) is 9.59 Å². The fraction of sp³-hybridized carbons (Fsp3) is 0.475. The fourth-order valence-corrected chi connectivity index (χ4v) is 7.36. The Labute approximate surface area is 305 Å². The Kier molecular flexibility index (Phi) is 12.3. The largest absolute Gasteiger partial charge is 0.673 e. The van der Waals surface area contributed by atoms with Crippen LogP contribution in [-0.2, 0) is 24.1 Å². The van der Waals surface area contributed by atoms with Gasteiger partial charge in [0.1, 0.15) is 18.7 Å². The molecule has 1 aliphatic carbocycles. The molecule has 0 bridgehead atoms. The number of carbonyl (C=O) groups excluding carboxylic acids is 2. The zero-order chi connectivity index (χ0) is 38.7. The quantitative estimate of drug-likeness (QED) is 0.0681. The van der Waals surface area contributed by atoms with Gasteiger partial charge < -0.3 is 26.9 Å². The van der Waals surface area contributed by atoms with E-state index in [2.05, 4.69) is 104 Å². The van der Waals surface area contributed by atoms with Crippen LogP contribution in [0.25, 0.3) is 5.70 Å². The van der Waals surface area contributed by atoms with Gasteiger partial charge in [-0.15, -0.1) is 0 Å². The zero-order valence-electron chi connectivity index (χ0n) is 31.7. The Morgan fingerprint density at radius 2 is 1.37 bits per heavy atom. The number of ether oxygens (including phenoxy) is 1. The Hall–Kier alpha value is -3.87. The van der Waals surface area contributed by atoms with Gasteiger partial charge in [0.05, 0.1) is 16.4 Å². The van der Waals surface area contributed by atoms with Gasteiger partial charge in [-0.2, -0.15) is 4.89 Å². The molecule has 2 aromatic carbocycles. The molecule has 282 valence electrons. The van der Waals surface area contributed by atoms with Crippen LogP contribution in [-0.4, -0.2) is 78.7 Å². The summed E-state index contributed by atoms with van der Waals surface area (Å²) < 4.78 is 47.2. The molecule has 2 heterocycles. The lowest BCUT2D eigenvalue weighted by atomic mass is 9.57. The van der Waals surface area contributed by atoms with E-state index < -0.39 is 29.5 Å². The Bertz CT molecular complexity index is 1740. The summed E-state index contributed by atoms with van der Waals surface area (Å²) in [6.45, 7) is 18.7. The highest BCUT2D eigenvalue weighted by Crippen LogP contribution is 2.55. The minimum atomic E-state index is -6.00. The van der Waals surface area contributed by atoms with Gasteiger partial charge in [0.15, 0.2) is 11.6 Å². The SMILES string of the molecule is CCN(CC)/C(=C/C=C/C(c1ccc(C)cc1)=[N+]1CCC2(C=C3C(=O)C(C)(C)C(=O)C(C)(C)C3(OC)OO2)CC1)c1ccc(C)cc1.F[B-](F)(F)F. The smallest absolute Gasteiger partial charge is 0.418 e. The summed E-state index contributed by atoms with van der Waals surface area (Å²) in [6.07, 6.45) is 9.68. The van der Waals surface area contributed by atoms with E-state index >= 15 is 0 Å². The number of ketones is 2. The summed E-state index contributed by atoms with van der Waals surface area (Å²) in [5, 5.41) is 0. The first kappa shape index (κ1) is 40.9. The Morgan fingerprint density at radius 1 is 0.865 bits per heavy atom. The number of rotatable bonds is 8. The molecule has 2 aromatic rings. The van der Waals surface area contributed by atoms with Gasteiger partial charge in [0.25, 0.3) is 0 Å². The second-order valence-electron chi connectivity index (χ2n) is 14.7. The maximum atomic E-state index is 13.8. The maximum absolute atomic E-state index is 13.8. The van der Waals surface area contributed by atoms with E-state index in [9.17, 15) is 26.9 Å². The lowest BCUT2D eigenvalue weighted by Crippen LogP contribution is -2.67. The third-order valence-electron chi connectivity index (χ3n) is 10.4. The molecule has 12 heteroatoms. The average molecular weight is 727 g/mol. The van der Waals surface area contributed by atoms with E-state index in [4.69, 9.17) is 14.5 Å². The molecule has 0 N–H and O–H groups in total. The van der Waals surface area contributed by atoms with Crippen molar-refractivity contribution in [2.45, 2.75) is 79.6 Å². The minimum absolute atomic E-state index is 0.229. The van der Waals surface area contributed by atoms with Gasteiger partial charge in [-0.1, -0.05) is 53.6 Å². The van der Waals surface area contributed by atoms with Crippen molar-refractivity contribution in [2.24, 2.45) is 10.8 Å². The highest BCUT2D eigenvalue weighted by Gasteiger charge is 2.69. The summed E-state index contributed by atoms with van der Waals surface area (Å²) in [7, 11) is -4.54. The zero-order valence-corrected chi connectivity index (χ0v) is 31.7. The molecule has 2 aliphatic heterocycles. The molecule has 0 radical (unpaired) electrons. The summed E-state index contributed by atoms with van der Waals surface area (Å²) in [4.78, 5) is 41.8. The third-order valence-corrected chi connectivity index (χ3v) is 10.4. The third kappa shape index (κ3) is 8.34. The Morgan fingerprint density at radius 3 is 1.85 bits per heavy atom. The van der Waals surface area contributed by atoms with E-state index in [0.29, 0.717) is 31.5 Å². The van der Waals surface area contributed by atoms with Crippen LogP contribution in [0.5, 0.6) is 0 Å². The molecule has 1 saturated heterocycles. The van der Waals surface area contributed by atoms with E-state index in [1.807, 2.05) is 6.08 Å². The number of carbonyl (C=O) groups is 2. The number of benzene rings is 2.